The summed E-state index contributed by atoms with van der Waals surface area (Å²) in [4.78, 5) is 1.68. The van der Waals surface area contributed by atoms with E-state index >= 15 is 0 Å². The predicted molar refractivity (Wildman–Crippen MR) is 82.6 cm³/mol. The predicted octanol–water partition coefficient (Wildman–Crippen LogP) is 3.47. The van der Waals surface area contributed by atoms with Gasteiger partial charge < -0.3 is 10.4 Å². The van der Waals surface area contributed by atoms with Crippen LogP contribution in [0.25, 0.3) is 0 Å². The first-order valence-electron chi connectivity index (χ1n) is 7.48. The van der Waals surface area contributed by atoms with Gasteiger partial charge in [-0.3, -0.25) is 4.90 Å². The molecule has 1 heterocycles. The minimum absolute atomic E-state index is 0. The number of hydrogen-bond donors (Lipinski definition) is 2. The standard InChI is InChI=1S/C15H18F6N2O.ClH/c16-14(17,18)10-1-2-12(15(19,20)21)11(9-10)13(3-8-24)23-6-4-22-5-7-23;/h1-2,9,13,22,24H,3-8H2;1H/t13-;/m1./s1. The van der Waals surface area contributed by atoms with Gasteiger partial charge in [-0.2, -0.15) is 26.3 Å². The fourth-order valence-electron chi connectivity index (χ4n) is 2.92. The molecule has 3 nitrogen and oxygen atoms in total. The topological polar surface area (TPSA) is 35.5 Å². The van der Waals surface area contributed by atoms with Gasteiger partial charge in [0.1, 0.15) is 0 Å². The lowest BCUT2D eigenvalue weighted by molar-refractivity contribution is -0.142. The van der Waals surface area contributed by atoms with E-state index in [0.29, 0.717) is 44.4 Å². The molecule has 2 rings (SSSR count). The fraction of sp³-hybridized carbons (Fsp3) is 0.600. The molecule has 144 valence electrons. The molecule has 0 spiro atoms. The van der Waals surface area contributed by atoms with Crippen LogP contribution in [0.15, 0.2) is 18.2 Å². The minimum atomic E-state index is -4.76. The molecule has 1 aliphatic heterocycles. The van der Waals surface area contributed by atoms with Crippen molar-refractivity contribution in [3.8, 4) is 0 Å². The second kappa shape index (κ2) is 8.57. The summed E-state index contributed by atoms with van der Waals surface area (Å²) in [5.41, 5.74) is -2.65. The molecule has 0 bridgehead atoms. The van der Waals surface area contributed by atoms with Crippen LogP contribution in [0.5, 0.6) is 0 Å². The SMILES string of the molecule is Cl.OCC[C@H](c1cc(C(F)(F)F)ccc1C(F)(F)F)N1CCNCC1. The maximum absolute atomic E-state index is 13.3. The zero-order valence-electron chi connectivity index (χ0n) is 13.1. The van der Waals surface area contributed by atoms with Crippen LogP contribution in [0.1, 0.15) is 29.2 Å². The number of rotatable bonds is 4. The molecule has 0 aromatic heterocycles. The average molecular weight is 393 g/mol. The van der Waals surface area contributed by atoms with Crippen LogP contribution < -0.4 is 5.32 Å². The van der Waals surface area contributed by atoms with E-state index in [0.717, 1.165) is 0 Å². The second-order valence-electron chi connectivity index (χ2n) is 5.61. The summed E-state index contributed by atoms with van der Waals surface area (Å²) in [7, 11) is 0. The highest BCUT2D eigenvalue weighted by Gasteiger charge is 2.39. The highest BCUT2D eigenvalue weighted by atomic mass is 35.5. The maximum atomic E-state index is 13.3. The van der Waals surface area contributed by atoms with Gasteiger partial charge in [0.15, 0.2) is 0 Å². The first-order chi connectivity index (χ1) is 11.1. The molecule has 1 fully saturated rings. The van der Waals surface area contributed by atoms with E-state index in [1.165, 1.54) is 0 Å². The molecule has 0 saturated carbocycles. The Bertz CT molecular complexity index is 558. The highest BCUT2D eigenvalue weighted by Crippen LogP contribution is 2.40. The zero-order chi connectivity index (χ0) is 18.0. The van der Waals surface area contributed by atoms with E-state index in [9.17, 15) is 31.4 Å². The molecular weight excluding hydrogens is 374 g/mol. The lowest BCUT2D eigenvalue weighted by Crippen LogP contribution is -2.45. The van der Waals surface area contributed by atoms with Gasteiger partial charge in [-0.05, 0) is 30.2 Å². The van der Waals surface area contributed by atoms with Crippen LogP contribution in [0, 0.1) is 0 Å². The van der Waals surface area contributed by atoms with Crippen LogP contribution in [0.2, 0.25) is 0 Å². The Kier molecular flexibility index (Phi) is 7.54. The van der Waals surface area contributed by atoms with Gasteiger partial charge in [-0.25, -0.2) is 0 Å². The summed E-state index contributed by atoms with van der Waals surface area (Å²) in [6, 6.07) is 0.562. The van der Waals surface area contributed by atoms with E-state index in [2.05, 4.69) is 5.32 Å². The van der Waals surface area contributed by atoms with Crippen molar-refractivity contribution < 1.29 is 31.4 Å². The Labute approximate surface area is 147 Å². The molecule has 1 aromatic carbocycles. The number of alkyl halides is 6. The number of hydrogen-bond acceptors (Lipinski definition) is 3. The Morgan fingerprint density at radius 3 is 2.12 bits per heavy atom. The van der Waals surface area contributed by atoms with E-state index in [-0.39, 0.29) is 18.8 Å². The van der Waals surface area contributed by atoms with Gasteiger partial charge in [0.25, 0.3) is 0 Å². The summed E-state index contributed by atoms with van der Waals surface area (Å²) in [5, 5.41) is 12.2. The Balaban J connectivity index is 0.00000312. The first-order valence-corrected chi connectivity index (χ1v) is 7.48. The molecule has 0 aliphatic carbocycles. The van der Waals surface area contributed by atoms with Crippen molar-refractivity contribution >= 4 is 12.4 Å². The van der Waals surface area contributed by atoms with Crippen molar-refractivity contribution in [2.75, 3.05) is 32.8 Å². The zero-order valence-corrected chi connectivity index (χ0v) is 13.9. The largest absolute Gasteiger partial charge is 0.416 e. The monoisotopic (exact) mass is 392 g/mol. The molecule has 1 aliphatic rings. The third-order valence-electron chi connectivity index (χ3n) is 4.04. The van der Waals surface area contributed by atoms with Crippen LogP contribution in [0.4, 0.5) is 26.3 Å². The number of nitrogens with one attached hydrogen (secondary N) is 1. The second-order valence-corrected chi connectivity index (χ2v) is 5.61. The lowest BCUT2D eigenvalue weighted by Gasteiger charge is -2.36. The summed E-state index contributed by atoms with van der Waals surface area (Å²) >= 11 is 0. The van der Waals surface area contributed by atoms with Gasteiger partial charge in [0.05, 0.1) is 11.1 Å². The van der Waals surface area contributed by atoms with E-state index in [1.54, 1.807) is 4.90 Å². The van der Waals surface area contributed by atoms with Crippen LogP contribution in [-0.4, -0.2) is 42.8 Å². The summed E-state index contributed by atoms with van der Waals surface area (Å²) in [6.07, 6.45) is -9.56. The molecular formula is C15H19ClF6N2O. The number of benzene rings is 1. The molecule has 2 N–H and O–H groups in total. The Morgan fingerprint density at radius 1 is 1.04 bits per heavy atom. The third kappa shape index (κ3) is 5.47. The van der Waals surface area contributed by atoms with Gasteiger partial charge in [-0.15, -0.1) is 12.4 Å². The highest BCUT2D eigenvalue weighted by molar-refractivity contribution is 5.85. The number of aliphatic hydroxyl groups excluding tert-OH is 1. The number of piperazine rings is 1. The van der Waals surface area contributed by atoms with Crippen molar-refractivity contribution in [3.05, 3.63) is 34.9 Å². The first kappa shape index (κ1) is 22.0. The van der Waals surface area contributed by atoms with Crippen molar-refractivity contribution in [1.29, 1.82) is 0 Å². The van der Waals surface area contributed by atoms with Crippen molar-refractivity contribution in [2.24, 2.45) is 0 Å². The summed E-state index contributed by atoms with van der Waals surface area (Å²) < 4.78 is 78.6. The minimum Gasteiger partial charge on any atom is -0.396 e. The van der Waals surface area contributed by atoms with Crippen LogP contribution >= 0.6 is 12.4 Å². The molecule has 1 atom stereocenters. The normalized spacial score (nSPS) is 17.9. The van der Waals surface area contributed by atoms with Gasteiger partial charge in [0.2, 0.25) is 0 Å². The van der Waals surface area contributed by atoms with Crippen LogP contribution in [0.3, 0.4) is 0 Å². The summed E-state index contributed by atoms with van der Waals surface area (Å²) in [6.45, 7) is 1.45. The average Bonchev–Trinajstić information content (AvgIpc) is 2.51. The molecule has 10 heteroatoms. The lowest BCUT2D eigenvalue weighted by atomic mass is 9.93. The number of aliphatic hydroxyl groups is 1. The molecule has 1 saturated heterocycles. The molecule has 1 aromatic rings. The quantitative estimate of drug-likeness (QED) is 0.770. The van der Waals surface area contributed by atoms with E-state index < -0.39 is 41.7 Å². The van der Waals surface area contributed by atoms with Crippen molar-refractivity contribution in [1.82, 2.24) is 10.2 Å². The van der Waals surface area contributed by atoms with E-state index in [4.69, 9.17) is 0 Å². The molecule has 25 heavy (non-hydrogen) atoms. The smallest absolute Gasteiger partial charge is 0.396 e. The Hall–Kier alpha value is -1.03. The number of nitrogens with zero attached hydrogens (tertiary/aromatic N) is 1. The Morgan fingerprint density at radius 2 is 1.64 bits per heavy atom. The third-order valence-corrected chi connectivity index (χ3v) is 4.04. The van der Waals surface area contributed by atoms with E-state index in [1.807, 2.05) is 0 Å². The van der Waals surface area contributed by atoms with Crippen molar-refractivity contribution in [2.45, 2.75) is 24.8 Å². The van der Waals surface area contributed by atoms with Crippen molar-refractivity contribution in [3.63, 3.8) is 0 Å². The molecule has 0 radical (unpaired) electrons. The molecule has 0 unspecified atom stereocenters. The van der Waals surface area contributed by atoms with Gasteiger partial charge >= 0.3 is 12.4 Å². The maximum Gasteiger partial charge on any atom is 0.416 e. The fourth-order valence-corrected chi connectivity index (χ4v) is 2.92. The van der Waals surface area contributed by atoms with Gasteiger partial charge in [-0.1, -0.05) is 0 Å². The van der Waals surface area contributed by atoms with Crippen LogP contribution in [-0.2, 0) is 12.4 Å². The summed E-state index contributed by atoms with van der Waals surface area (Å²) in [5.74, 6) is 0. The van der Waals surface area contributed by atoms with Gasteiger partial charge in [0, 0.05) is 38.8 Å². The molecule has 0 amide bonds. The number of halogens is 7.